The number of amides is 3. The number of nitrogens with two attached hydrogens (primary N) is 1. The highest BCUT2D eigenvalue weighted by Crippen LogP contribution is 2.24. The number of nitrogens with zero attached hydrogens (tertiary/aromatic N) is 2. The Balaban J connectivity index is 1.98. The molecule has 1 aromatic rings. The molecule has 0 unspecified atom stereocenters. The van der Waals surface area contributed by atoms with Crippen LogP contribution in [0, 0.1) is 0 Å². The summed E-state index contributed by atoms with van der Waals surface area (Å²) in [6, 6.07) is -0.285. The van der Waals surface area contributed by atoms with Crippen molar-refractivity contribution >= 4 is 40.8 Å². The lowest BCUT2D eigenvalue weighted by Crippen LogP contribution is -2.46. The molecule has 0 aromatic carbocycles. The van der Waals surface area contributed by atoms with Crippen LogP contribution in [-0.4, -0.2) is 65.8 Å². The summed E-state index contributed by atoms with van der Waals surface area (Å²) in [4.78, 5) is 42.4. The van der Waals surface area contributed by atoms with E-state index in [1.807, 2.05) is 13.3 Å². The van der Waals surface area contributed by atoms with Gasteiger partial charge in [-0.2, -0.15) is 11.8 Å². The third-order valence-electron chi connectivity index (χ3n) is 3.85. The molecule has 0 fully saturated rings. The summed E-state index contributed by atoms with van der Waals surface area (Å²) in [5.41, 5.74) is 5.92. The molecule has 138 valence electrons. The lowest BCUT2D eigenvalue weighted by atomic mass is 10.2. The summed E-state index contributed by atoms with van der Waals surface area (Å²) in [5, 5.41) is 5.78. The van der Waals surface area contributed by atoms with E-state index in [1.54, 1.807) is 11.8 Å². The monoisotopic (exact) mass is 385 g/mol. The number of carbonyl (C=O) groups is 3. The molecule has 0 spiro atoms. The van der Waals surface area contributed by atoms with Gasteiger partial charge in [0.15, 0.2) is 5.01 Å². The van der Waals surface area contributed by atoms with Crippen molar-refractivity contribution in [2.24, 2.45) is 5.73 Å². The number of rotatable bonds is 7. The Morgan fingerprint density at radius 1 is 1.44 bits per heavy atom. The zero-order chi connectivity index (χ0) is 18.4. The molecule has 0 radical (unpaired) electrons. The van der Waals surface area contributed by atoms with E-state index in [0.717, 1.165) is 35.8 Å². The highest BCUT2D eigenvalue weighted by Gasteiger charge is 2.23. The Bertz CT molecular complexity index is 649. The second-order valence-corrected chi connectivity index (χ2v) is 7.97. The number of aromatic nitrogens is 1. The van der Waals surface area contributed by atoms with Crippen molar-refractivity contribution in [3.63, 3.8) is 0 Å². The van der Waals surface area contributed by atoms with Gasteiger partial charge in [-0.15, -0.1) is 11.3 Å². The van der Waals surface area contributed by atoms with Gasteiger partial charge in [0.05, 0.1) is 5.69 Å². The normalized spacial score (nSPS) is 15.3. The van der Waals surface area contributed by atoms with Crippen molar-refractivity contribution in [1.29, 1.82) is 0 Å². The maximum atomic E-state index is 12.5. The number of nitrogens with one attached hydrogen (secondary N) is 2. The molecule has 1 aliphatic rings. The second kappa shape index (κ2) is 9.16. The molecular weight excluding hydrogens is 362 g/mol. The van der Waals surface area contributed by atoms with Gasteiger partial charge in [-0.1, -0.05) is 0 Å². The molecule has 1 atom stereocenters. The fourth-order valence-corrected chi connectivity index (χ4v) is 4.07. The molecule has 0 aliphatic carbocycles. The standard InChI is InChI=1S/C15H23N5O3S2/c1-20-5-3-10-11(8-20)25-15(19-10)14(23)18-9(4-6-24-2)7-17-13(22)12(16)21/h9H,3-8H2,1-2H3,(H2,16,21)(H,17,22)(H,18,23)/t9-/m1/s1. The first-order chi connectivity index (χ1) is 11.9. The van der Waals surface area contributed by atoms with Crippen LogP contribution in [0.15, 0.2) is 0 Å². The third-order valence-corrected chi connectivity index (χ3v) is 5.58. The van der Waals surface area contributed by atoms with Crippen molar-refractivity contribution in [2.45, 2.75) is 25.4 Å². The van der Waals surface area contributed by atoms with E-state index < -0.39 is 11.8 Å². The number of hydrogen-bond donors (Lipinski definition) is 3. The van der Waals surface area contributed by atoms with Crippen molar-refractivity contribution in [3.8, 4) is 0 Å². The van der Waals surface area contributed by atoms with Crippen LogP contribution in [0.4, 0.5) is 0 Å². The summed E-state index contributed by atoms with van der Waals surface area (Å²) in [5.74, 6) is -1.32. The summed E-state index contributed by atoms with van der Waals surface area (Å²) < 4.78 is 0. The molecule has 10 heteroatoms. The van der Waals surface area contributed by atoms with Crippen molar-refractivity contribution in [2.75, 3.05) is 32.1 Å². The minimum absolute atomic E-state index is 0.155. The topological polar surface area (TPSA) is 117 Å². The maximum Gasteiger partial charge on any atom is 0.309 e. The number of likely N-dealkylation sites (N-methyl/N-ethyl adjacent to an activating group) is 1. The van der Waals surface area contributed by atoms with E-state index in [-0.39, 0.29) is 18.5 Å². The Labute approximate surface area is 154 Å². The summed E-state index contributed by atoms with van der Waals surface area (Å²) in [7, 11) is 2.04. The Hall–Kier alpha value is -1.65. The molecule has 0 saturated carbocycles. The fraction of sp³-hybridized carbons (Fsp3) is 0.600. The van der Waals surface area contributed by atoms with E-state index in [1.165, 1.54) is 11.3 Å². The Morgan fingerprint density at radius 3 is 2.88 bits per heavy atom. The van der Waals surface area contributed by atoms with Gasteiger partial charge in [0.25, 0.3) is 5.91 Å². The van der Waals surface area contributed by atoms with Crippen LogP contribution < -0.4 is 16.4 Å². The first kappa shape index (κ1) is 19.7. The van der Waals surface area contributed by atoms with Crippen LogP contribution in [0.1, 0.15) is 26.8 Å². The molecule has 8 nitrogen and oxygen atoms in total. The van der Waals surface area contributed by atoms with Crippen LogP contribution in [0.25, 0.3) is 0 Å². The van der Waals surface area contributed by atoms with Crippen molar-refractivity contribution in [3.05, 3.63) is 15.6 Å². The maximum absolute atomic E-state index is 12.5. The van der Waals surface area contributed by atoms with Crippen LogP contribution >= 0.6 is 23.1 Å². The van der Waals surface area contributed by atoms with Gasteiger partial charge in [-0.25, -0.2) is 4.98 Å². The van der Waals surface area contributed by atoms with E-state index in [4.69, 9.17) is 5.73 Å². The number of thiazole rings is 1. The molecule has 0 saturated heterocycles. The van der Waals surface area contributed by atoms with Gasteiger partial charge in [0, 0.05) is 37.0 Å². The van der Waals surface area contributed by atoms with Gasteiger partial charge in [-0.3, -0.25) is 14.4 Å². The smallest absolute Gasteiger partial charge is 0.309 e. The predicted octanol–water partition coefficient (Wildman–Crippen LogP) is -0.416. The molecule has 3 amide bonds. The molecular formula is C15H23N5O3S2. The summed E-state index contributed by atoms with van der Waals surface area (Å²) in [6.07, 6.45) is 3.48. The van der Waals surface area contributed by atoms with Gasteiger partial charge in [-0.05, 0) is 25.5 Å². The molecule has 25 heavy (non-hydrogen) atoms. The van der Waals surface area contributed by atoms with Gasteiger partial charge in [0.1, 0.15) is 0 Å². The SMILES string of the molecule is CSCC[C@H](CNC(=O)C(N)=O)NC(=O)c1nc2c(s1)CN(C)CC2. The molecule has 1 aliphatic heterocycles. The van der Waals surface area contributed by atoms with Crippen LogP contribution in [0.2, 0.25) is 0 Å². The molecule has 4 N–H and O–H groups in total. The third kappa shape index (κ3) is 5.68. The minimum atomic E-state index is -1.04. The first-order valence-electron chi connectivity index (χ1n) is 7.95. The summed E-state index contributed by atoms with van der Waals surface area (Å²) >= 11 is 3.05. The lowest BCUT2D eigenvalue weighted by molar-refractivity contribution is -0.137. The predicted molar refractivity (Wildman–Crippen MR) is 98.6 cm³/mol. The largest absolute Gasteiger partial charge is 0.361 e. The van der Waals surface area contributed by atoms with Crippen molar-refractivity contribution < 1.29 is 14.4 Å². The summed E-state index contributed by atoms with van der Waals surface area (Å²) in [6.45, 7) is 1.90. The average Bonchev–Trinajstić information content (AvgIpc) is 2.99. The van der Waals surface area contributed by atoms with E-state index in [2.05, 4.69) is 20.5 Å². The highest BCUT2D eigenvalue weighted by atomic mass is 32.2. The van der Waals surface area contributed by atoms with Crippen LogP contribution in [0.3, 0.4) is 0 Å². The van der Waals surface area contributed by atoms with Gasteiger partial charge in [0.2, 0.25) is 0 Å². The number of carbonyl (C=O) groups excluding carboxylic acids is 3. The lowest BCUT2D eigenvalue weighted by Gasteiger charge is -2.20. The zero-order valence-electron chi connectivity index (χ0n) is 14.3. The molecule has 1 aromatic heterocycles. The van der Waals surface area contributed by atoms with E-state index >= 15 is 0 Å². The first-order valence-corrected chi connectivity index (χ1v) is 10.2. The second-order valence-electron chi connectivity index (χ2n) is 5.90. The molecule has 2 heterocycles. The Morgan fingerprint density at radius 2 is 2.20 bits per heavy atom. The Kier molecular flexibility index (Phi) is 7.21. The number of hydrogen-bond acceptors (Lipinski definition) is 7. The van der Waals surface area contributed by atoms with Crippen LogP contribution in [-0.2, 0) is 22.6 Å². The molecule has 0 bridgehead atoms. The number of primary amides is 1. The highest BCUT2D eigenvalue weighted by molar-refractivity contribution is 7.98. The number of thioether (sulfide) groups is 1. The van der Waals surface area contributed by atoms with Crippen LogP contribution in [0.5, 0.6) is 0 Å². The fourth-order valence-electron chi connectivity index (χ4n) is 2.46. The number of fused-ring (bicyclic) bond motifs is 1. The average molecular weight is 386 g/mol. The minimum Gasteiger partial charge on any atom is -0.361 e. The van der Waals surface area contributed by atoms with Gasteiger partial charge >= 0.3 is 11.8 Å². The van der Waals surface area contributed by atoms with Crippen molar-refractivity contribution in [1.82, 2.24) is 20.5 Å². The van der Waals surface area contributed by atoms with E-state index in [9.17, 15) is 14.4 Å². The molecule has 2 rings (SSSR count). The quantitative estimate of drug-likeness (QED) is 0.549. The van der Waals surface area contributed by atoms with Gasteiger partial charge < -0.3 is 21.3 Å². The zero-order valence-corrected chi connectivity index (χ0v) is 16.0. The van der Waals surface area contributed by atoms with E-state index in [0.29, 0.717) is 11.4 Å².